The molecule has 2 aromatic heterocycles. The Balaban J connectivity index is 0.00000289. The van der Waals surface area contributed by atoms with Crippen molar-refractivity contribution in [2.75, 3.05) is 4.90 Å². The molecule has 0 saturated carbocycles. The van der Waals surface area contributed by atoms with Gasteiger partial charge in [0.15, 0.2) is 0 Å². The molecule has 5 aromatic carbocycles. The Labute approximate surface area is 248 Å². The van der Waals surface area contributed by atoms with Gasteiger partial charge < -0.3 is 0 Å². The van der Waals surface area contributed by atoms with E-state index >= 15 is 0 Å². The third-order valence-corrected chi connectivity index (χ3v) is 6.85. The molecule has 192 valence electrons. The molecule has 4 heteroatoms. The van der Waals surface area contributed by atoms with Crippen molar-refractivity contribution in [1.29, 1.82) is 0 Å². The monoisotopic (exact) mass is 692 g/mol. The summed E-state index contributed by atoms with van der Waals surface area (Å²) in [4.78, 5) is 12.6. The average Bonchev–Trinajstić information content (AvgIpc) is 3.02. The maximum absolute atomic E-state index is 5.25. The molecule has 0 fully saturated rings. The average molecular weight is 693 g/mol. The van der Waals surface area contributed by atoms with Gasteiger partial charge >= 0.3 is 21.1 Å². The van der Waals surface area contributed by atoms with Crippen LogP contribution in [0.15, 0.2) is 140 Å². The van der Waals surface area contributed by atoms with Crippen LogP contribution in [0.3, 0.4) is 0 Å². The van der Waals surface area contributed by atoms with Gasteiger partial charge in [0.2, 0.25) is 0 Å². The smallest absolute Gasteiger partial charge is 0.280 e. The molecule has 0 saturated heterocycles. The minimum absolute atomic E-state index is 0. The van der Waals surface area contributed by atoms with Crippen LogP contribution >= 0.6 is 0 Å². The maximum atomic E-state index is 5.25. The van der Waals surface area contributed by atoms with Gasteiger partial charge in [-0.05, 0) is 57.2 Å². The molecule has 0 atom stereocenters. The minimum atomic E-state index is 0. The van der Waals surface area contributed by atoms with Crippen LogP contribution in [0, 0.1) is 12.1 Å². The Kier molecular flexibility index (Phi) is 7.23. The quantitative estimate of drug-likeness (QED) is 0.169. The SMILES string of the molecule is [Pt+2].[c-]1ccccc1-c1nc(N(c2ccccc2)c2cc3ccccc3c(-c3[c-]cccc3)n2)cc2ccccc12. The van der Waals surface area contributed by atoms with E-state index in [1.807, 2.05) is 54.6 Å². The molecule has 2 heterocycles. The first kappa shape index (κ1) is 25.7. The Hall–Kier alpha value is -4.59. The van der Waals surface area contributed by atoms with E-state index in [1.165, 1.54) is 0 Å². The summed E-state index contributed by atoms with van der Waals surface area (Å²) in [6, 6.07) is 54.1. The van der Waals surface area contributed by atoms with Crippen LogP contribution in [0.25, 0.3) is 44.1 Å². The first-order valence-corrected chi connectivity index (χ1v) is 12.9. The fourth-order valence-electron chi connectivity index (χ4n) is 5.05. The molecule has 0 aliphatic heterocycles. The summed E-state index contributed by atoms with van der Waals surface area (Å²) in [7, 11) is 0. The Bertz CT molecular complexity index is 1780. The second-order valence-corrected chi connectivity index (χ2v) is 9.32. The summed E-state index contributed by atoms with van der Waals surface area (Å²) in [5.41, 5.74) is 4.67. The van der Waals surface area contributed by atoms with Crippen LogP contribution in [0.4, 0.5) is 17.3 Å². The van der Waals surface area contributed by atoms with E-state index < -0.39 is 0 Å². The number of fused-ring (bicyclic) bond motifs is 2. The van der Waals surface area contributed by atoms with E-state index in [-0.39, 0.29) is 21.1 Å². The van der Waals surface area contributed by atoms with Gasteiger partial charge in [-0.15, -0.1) is 71.8 Å². The van der Waals surface area contributed by atoms with Crippen molar-refractivity contribution in [3.05, 3.63) is 152 Å². The predicted molar refractivity (Wildman–Crippen MR) is 160 cm³/mol. The number of para-hydroxylation sites is 1. The molecule has 7 aromatic rings. The third-order valence-electron chi connectivity index (χ3n) is 6.85. The van der Waals surface area contributed by atoms with Crippen molar-refractivity contribution < 1.29 is 21.1 Å². The van der Waals surface area contributed by atoms with Crippen LogP contribution in [0.5, 0.6) is 0 Å². The number of benzene rings is 5. The third kappa shape index (κ3) is 4.81. The summed E-state index contributed by atoms with van der Waals surface area (Å²) >= 11 is 0. The van der Waals surface area contributed by atoms with E-state index in [4.69, 9.17) is 9.97 Å². The van der Waals surface area contributed by atoms with Gasteiger partial charge in [0.1, 0.15) is 11.6 Å². The van der Waals surface area contributed by atoms with Crippen molar-refractivity contribution in [2.45, 2.75) is 0 Å². The fourth-order valence-corrected chi connectivity index (χ4v) is 5.05. The van der Waals surface area contributed by atoms with Gasteiger partial charge in [0.05, 0.1) is 0 Å². The van der Waals surface area contributed by atoms with Gasteiger partial charge in [0, 0.05) is 5.69 Å². The zero-order valence-electron chi connectivity index (χ0n) is 21.4. The molecule has 0 bridgehead atoms. The van der Waals surface area contributed by atoms with Crippen molar-refractivity contribution >= 4 is 38.9 Å². The van der Waals surface area contributed by atoms with Crippen LogP contribution in [0.1, 0.15) is 0 Å². The minimum Gasteiger partial charge on any atom is -0.280 e. The summed E-state index contributed by atoms with van der Waals surface area (Å²) in [6.45, 7) is 0. The fraction of sp³-hybridized carbons (Fsp3) is 0. The molecular weight excluding hydrogens is 669 g/mol. The summed E-state index contributed by atoms with van der Waals surface area (Å²) in [5.74, 6) is 1.58. The number of anilines is 3. The number of nitrogens with zero attached hydrogens (tertiary/aromatic N) is 3. The number of hydrogen-bond acceptors (Lipinski definition) is 3. The zero-order valence-corrected chi connectivity index (χ0v) is 23.7. The Morgan fingerprint density at radius 3 is 1.40 bits per heavy atom. The van der Waals surface area contributed by atoms with Gasteiger partial charge in [-0.25, -0.2) is 0 Å². The first-order chi connectivity index (χ1) is 19.3. The number of pyridine rings is 2. The van der Waals surface area contributed by atoms with E-state index in [9.17, 15) is 0 Å². The van der Waals surface area contributed by atoms with Crippen LogP contribution in [-0.4, -0.2) is 9.97 Å². The largest absolute Gasteiger partial charge is 2.00 e. The second-order valence-electron chi connectivity index (χ2n) is 9.32. The standard InChI is InChI=1S/C36H23N3.Pt/c1-4-14-26(15-5-1)35-31-22-12-10-18-28(31)24-33(37-35)39(30-20-8-3-9-21-30)34-25-29-19-11-13-23-32(29)36(38-34)27-16-6-2-7-17-27;/h1-14,16,18-25H;/q-2;+2. The molecule has 40 heavy (non-hydrogen) atoms. The van der Waals surface area contributed by atoms with Crippen molar-refractivity contribution in [3.8, 4) is 22.5 Å². The van der Waals surface area contributed by atoms with Crippen LogP contribution in [-0.2, 0) is 21.1 Å². The Morgan fingerprint density at radius 1 is 0.475 bits per heavy atom. The molecule has 0 spiro atoms. The summed E-state index contributed by atoms with van der Waals surface area (Å²) < 4.78 is 0. The summed E-state index contributed by atoms with van der Waals surface area (Å²) in [6.07, 6.45) is 0. The number of hydrogen-bond donors (Lipinski definition) is 0. The normalized spacial score (nSPS) is 10.8. The van der Waals surface area contributed by atoms with E-state index in [1.54, 1.807) is 0 Å². The molecular formula is C36H23N3Pt. The van der Waals surface area contributed by atoms with Crippen LogP contribution < -0.4 is 4.90 Å². The zero-order chi connectivity index (χ0) is 26.0. The summed E-state index contributed by atoms with van der Waals surface area (Å²) in [5, 5.41) is 4.38. The van der Waals surface area contributed by atoms with Gasteiger partial charge in [-0.1, -0.05) is 66.7 Å². The van der Waals surface area contributed by atoms with Gasteiger partial charge in [-0.3, -0.25) is 14.9 Å². The van der Waals surface area contributed by atoms with Crippen molar-refractivity contribution in [3.63, 3.8) is 0 Å². The molecule has 3 nitrogen and oxygen atoms in total. The van der Waals surface area contributed by atoms with Gasteiger partial charge in [-0.2, -0.15) is 0 Å². The maximum Gasteiger partial charge on any atom is 2.00 e. The molecule has 0 aliphatic rings. The van der Waals surface area contributed by atoms with Gasteiger partial charge in [0.25, 0.3) is 0 Å². The molecule has 0 amide bonds. The molecule has 0 radical (unpaired) electrons. The number of aromatic nitrogens is 2. The Morgan fingerprint density at radius 2 is 0.925 bits per heavy atom. The molecule has 0 unspecified atom stereocenters. The van der Waals surface area contributed by atoms with Crippen molar-refractivity contribution in [1.82, 2.24) is 9.97 Å². The first-order valence-electron chi connectivity index (χ1n) is 12.9. The van der Waals surface area contributed by atoms with Crippen LogP contribution in [0.2, 0.25) is 0 Å². The molecule has 0 aliphatic carbocycles. The molecule has 0 N–H and O–H groups in total. The van der Waals surface area contributed by atoms with E-state index in [2.05, 4.69) is 102 Å². The topological polar surface area (TPSA) is 29.0 Å². The van der Waals surface area contributed by atoms with Crippen molar-refractivity contribution in [2.24, 2.45) is 0 Å². The molecule has 7 rings (SSSR count). The second kappa shape index (κ2) is 11.3. The van der Waals surface area contributed by atoms with E-state index in [0.717, 1.165) is 61.4 Å². The predicted octanol–water partition coefficient (Wildman–Crippen LogP) is 9.18. The van der Waals surface area contributed by atoms with E-state index in [0.29, 0.717) is 0 Å². The number of rotatable bonds is 5.